The van der Waals surface area contributed by atoms with Crippen molar-refractivity contribution in [2.75, 3.05) is 25.0 Å². The van der Waals surface area contributed by atoms with Gasteiger partial charge < -0.3 is 15.3 Å². The molecule has 1 fully saturated rings. The molecule has 0 amide bonds. The molecule has 0 unspecified atom stereocenters. The van der Waals surface area contributed by atoms with E-state index < -0.39 is 5.60 Å². The van der Waals surface area contributed by atoms with Crippen LogP contribution in [0.5, 0.6) is 0 Å². The molecule has 0 heterocycles. The summed E-state index contributed by atoms with van der Waals surface area (Å²) in [5, 5.41) is 14.0. The monoisotopic (exact) mass is 276 g/mol. The lowest BCUT2D eigenvalue weighted by atomic mass is 10.0. The van der Waals surface area contributed by atoms with Gasteiger partial charge in [-0.25, -0.2) is 0 Å². The van der Waals surface area contributed by atoms with Crippen LogP contribution in [0.4, 0.5) is 5.69 Å². The summed E-state index contributed by atoms with van der Waals surface area (Å²) in [7, 11) is 2.09. The van der Waals surface area contributed by atoms with E-state index in [1.54, 1.807) is 0 Å². The first-order valence-corrected chi connectivity index (χ1v) is 7.87. The van der Waals surface area contributed by atoms with Crippen LogP contribution in [0.3, 0.4) is 0 Å². The standard InChI is InChI=1S/C17H28N2O/c1-3-12-18-13-15-8-4-5-9-16(15)19(2)14-17(20)10-6-7-11-17/h4-5,8-9,18,20H,3,6-7,10-14H2,1-2H3. The summed E-state index contributed by atoms with van der Waals surface area (Å²) in [5.74, 6) is 0. The Labute approximate surface area is 123 Å². The minimum absolute atomic E-state index is 0.487. The van der Waals surface area contributed by atoms with E-state index in [2.05, 4.69) is 48.5 Å². The van der Waals surface area contributed by atoms with Crippen molar-refractivity contribution < 1.29 is 5.11 Å². The smallest absolute Gasteiger partial charge is 0.0821 e. The molecular formula is C17H28N2O. The summed E-state index contributed by atoms with van der Waals surface area (Å²) >= 11 is 0. The Morgan fingerprint density at radius 1 is 1.25 bits per heavy atom. The summed E-state index contributed by atoms with van der Waals surface area (Å²) in [4.78, 5) is 2.22. The van der Waals surface area contributed by atoms with Crippen LogP contribution in [0, 0.1) is 0 Å². The number of hydrogen-bond donors (Lipinski definition) is 2. The van der Waals surface area contributed by atoms with E-state index in [4.69, 9.17) is 0 Å². The van der Waals surface area contributed by atoms with Gasteiger partial charge in [0.05, 0.1) is 5.60 Å². The molecule has 1 saturated carbocycles. The van der Waals surface area contributed by atoms with Crippen LogP contribution < -0.4 is 10.2 Å². The minimum Gasteiger partial charge on any atom is -0.388 e. The Morgan fingerprint density at radius 2 is 1.95 bits per heavy atom. The number of hydrogen-bond acceptors (Lipinski definition) is 3. The molecule has 3 heteroatoms. The molecule has 0 aromatic heterocycles. The Morgan fingerprint density at radius 3 is 2.65 bits per heavy atom. The van der Waals surface area contributed by atoms with Gasteiger partial charge >= 0.3 is 0 Å². The highest BCUT2D eigenvalue weighted by atomic mass is 16.3. The van der Waals surface area contributed by atoms with E-state index in [1.165, 1.54) is 11.3 Å². The first kappa shape index (κ1) is 15.3. The molecule has 1 aromatic carbocycles. The first-order valence-electron chi connectivity index (χ1n) is 7.87. The van der Waals surface area contributed by atoms with Crippen LogP contribution in [0.15, 0.2) is 24.3 Å². The number of para-hydroxylation sites is 1. The zero-order valence-electron chi connectivity index (χ0n) is 12.9. The molecule has 20 heavy (non-hydrogen) atoms. The second-order valence-electron chi connectivity index (χ2n) is 6.09. The van der Waals surface area contributed by atoms with Crippen LogP contribution in [-0.2, 0) is 6.54 Å². The van der Waals surface area contributed by atoms with Gasteiger partial charge in [-0.3, -0.25) is 0 Å². The third kappa shape index (κ3) is 3.97. The maximum Gasteiger partial charge on any atom is 0.0821 e. The van der Waals surface area contributed by atoms with Crippen LogP contribution >= 0.6 is 0 Å². The molecule has 3 nitrogen and oxygen atoms in total. The molecule has 1 aliphatic rings. The van der Waals surface area contributed by atoms with E-state index in [0.717, 1.165) is 51.7 Å². The van der Waals surface area contributed by atoms with E-state index >= 15 is 0 Å². The molecular weight excluding hydrogens is 248 g/mol. The highest BCUT2D eigenvalue weighted by Gasteiger charge is 2.32. The van der Waals surface area contributed by atoms with Crippen LogP contribution in [0.2, 0.25) is 0 Å². The summed E-state index contributed by atoms with van der Waals surface area (Å²) in [6.45, 7) is 4.85. The summed E-state index contributed by atoms with van der Waals surface area (Å²) in [6, 6.07) is 8.49. The third-order valence-electron chi connectivity index (χ3n) is 4.21. The molecule has 0 atom stereocenters. The largest absolute Gasteiger partial charge is 0.388 e. The summed E-state index contributed by atoms with van der Waals surface area (Å²) < 4.78 is 0. The van der Waals surface area contributed by atoms with Gasteiger partial charge in [0.25, 0.3) is 0 Å². The van der Waals surface area contributed by atoms with Gasteiger partial charge in [-0.1, -0.05) is 38.0 Å². The van der Waals surface area contributed by atoms with Gasteiger partial charge in [0.15, 0.2) is 0 Å². The van der Waals surface area contributed by atoms with E-state index in [-0.39, 0.29) is 0 Å². The Kier molecular flexibility index (Phi) is 5.44. The number of aliphatic hydroxyl groups is 1. The molecule has 2 N–H and O–H groups in total. The van der Waals surface area contributed by atoms with Crippen molar-refractivity contribution in [1.29, 1.82) is 0 Å². The van der Waals surface area contributed by atoms with Gasteiger partial charge in [-0.15, -0.1) is 0 Å². The minimum atomic E-state index is -0.487. The first-order chi connectivity index (χ1) is 9.64. The molecule has 0 spiro atoms. The Hall–Kier alpha value is -1.06. The predicted octanol–water partition coefficient (Wildman–Crippen LogP) is 2.93. The Bertz CT molecular complexity index is 413. The van der Waals surface area contributed by atoms with Gasteiger partial charge in [0.1, 0.15) is 0 Å². The number of nitrogens with one attached hydrogen (secondary N) is 1. The van der Waals surface area contributed by atoms with Crippen molar-refractivity contribution in [3.05, 3.63) is 29.8 Å². The molecule has 1 aliphatic carbocycles. The average molecular weight is 276 g/mol. The second-order valence-corrected chi connectivity index (χ2v) is 6.09. The van der Waals surface area contributed by atoms with Crippen LogP contribution in [0.1, 0.15) is 44.6 Å². The lowest BCUT2D eigenvalue weighted by molar-refractivity contribution is 0.0559. The fourth-order valence-electron chi connectivity index (χ4n) is 3.15. The van der Waals surface area contributed by atoms with Crippen LogP contribution in [0.25, 0.3) is 0 Å². The highest BCUT2D eigenvalue weighted by molar-refractivity contribution is 5.53. The van der Waals surface area contributed by atoms with Crippen molar-refractivity contribution in [2.45, 2.75) is 51.2 Å². The van der Waals surface area contributed by atoms with Crippen LogP contribution in [-0.4, -0.2) is 30.8 Å². The molecule has 0 saturated heterocycles. The maximum atomic E-state index is 10.6. The van der Waals surface area contributed by atoms with E-state index in [9.17, 15) is 5.11 Å². The quantitative estimate of drug-likeness (QED) is 0.752. The summed E-state index contributed by atoms with van der Waals surface area (Å²) in [5.41, 5.74) is 2.06. The number of likely N-dealkylation sites (N-methyl/N-ethyl adjacent to an activating group) is 1. The maximum absolute atomic E-state index is 10.6. The zero-order valence-corrected chi connectivity index (χ0v) is 12.9. The SMILES string of the molecule is CCCNCc1ccccc1N(C)CC1(O)CCCC1. The molecule has 0 bridgehead atoms. The van der Waals surface area contributed by atoms with Gasteiger partial charge in [0.2, 0.25) is 0 Å². The van der Waals surface area contributed by atoms with Gasteiger partial charge in [0, 0.05) is 25.8 Å². The van der Waals surface area contributed by atoms with Gasteiger partial charge in [-0.2, -0.15) is 0 Å². The molecule has 112 valence electrons. The van der Waals surface area contributed by atoms with E-state index in [0.29, 0.717) is 0 Å². The van der Waals surface area contributed by atoms with Crippen molar-refractivity contribution in [3.63, 3.8) is 0 Å². The number of nitrogens with zero attached hydrogens (tertiary/aromatic N) is 1. The van der Waals surface area contributed by atoms with Crippen molar-refractivity contribution >= 4 is 5.69 Å². The lowest BCUT2D eigenvalue weighted by Gasteiger charge is -2.31. The Balaban J connectivity index is 2.02. The zero-order chi connectivity index (χ0) is 14.4. The van der Waals surface area contributed by atoms with Crippen molar-refractivity contribution in [3.8, 4) is 0 Å². The molecule has 1 aromatic rings. The third-order valence-corrected chi connectivity index (χ3v) is 4.21. The van der Waals surface area contributed by atoms with Gasteiger partial charge in [-0.05, 0) is 37.4 Å². The fourth-order valence-corrected chi connectivity index (χ4v) is 3.15. The number of benzene rings is 1. The number of anilines is 1. The molecule has 0 aliphatic heterocycles. The normalized spacial score (nSPS) is 17.4. The van der Waals surface area contributed by atoms with E-state index in [1.807, 2.05) is 0 Å². The average Bonchev–Trinajstić information content (AvgIpc) is 2.86. The number of rotatable bonds is 7. The predicted molar refractivity (Wildman–Crippen MR) is 85.1 cm³/mol. The molecule has 2 rings (SSSR count). The topological polar surface area (TPSA) is 35.5 Å². The molecule has 0 radical (unpaired) electrons. The summed E-state index contributed by atoms with van der Waals surface area (Å²) in [6.07, 6.45) is 5.34. The fraction of sp³-hybridized carbons (Fsp3) is 0.647. The lowest BCUT2D eigenvalue weighted by Crippen LogP contribution is -2.39. The van der Waals surface area contributed by atoms with Crippen molar-refractivity contribution in [2.24, 2.45) is 0 Å². The van der Waals surface area contributed by atoms with Crippen molar-refractivity contribution in [1.82, 2.24) is 5.32 Å². The second kappa shape index (κ2) is 7.09. The highest BCUT2D eigenvalue weighted by Crippen LogP contribution is 2.31.